The first kappa shape index (κ1) is 18.0. The number of hydrogen-bond donors (Lipinski definition) is 2. The van der Waals surface area contributed by atoms with E-state index in [1.54, 1.807) is 42.7 Å². The monoisotopic (exact) mass is 348 g/mol. The van der Waals surface area contributed by atoms with Crippen molar-refractivity contribution >= 4 is 28.8 Å². The van der Waals surface area contributed by atoms with Gasteiger partial charge in [0.15, 0.2) is 0 Å². The number of benzene rings is 1. The van der Waals surface area contributed by atoms with Gasteiger partial charge < -0.3 is 20.1 Å². The minimum absolute atomic E-state index is 0.217. The van der Waals surface area contributed by atoms with Crippen molar-refractivity contribution in [3.63, 3.8) is 0 Å². The Kier molecular flexibility index (Phi) is 6.34. The third-order valence-corrected chi connectivity index (χ3v) is 4.47. The number of rotatable bonds is 6. The Hall–Kier alpha value is -2.38. The van der Waals surface area contributed by atoms with Crippen LogP contribution in [0.4, 0.5) is 5.69 Å². The molecule has 1 aromatic heterocycles. The SMILES string of the molecule is COc1ccccc1NC(=O)C(=O)NCC(OC)c1ccc(C)s1. The van der Waals surface area contributed by atoms with E-state index in [0.29, 0.717) is 11.4 Å². The Balaban J connectivity index is 1.92. The summed E-state index contributed by atoms with van der Waals surface area (Å²) in [6.45, 7) is 2.22. The average molecular weight is 348 g/mol. The first-order valence-corrected chi connectivity index (χ1v) is 8.18. The number of aryl methyl sites for hydroxylation is 1. The predicted octanol–water partition coefficient (Wildman–Crippen LogP) is 2.51. The lowest BCUT2D eigenvalue weighted by Crippen LogP contribution is -2.37. The fourth-order valence-corrected chi connectivity index (χ4v) is 3.07. The molecule has 0 saturated carbocycles. The Bertz CT molecular complexity index is 714. The zero-order chi connectivity index (χ0) is 17.5. The molecular formula is C17H20N2O4S. The van der Waals surface area contributed by atoms with Crippen LogP contribution in [0, 0.1) is 6.92 Å². The summed E-state index contributed by atoms with van der Waals surface area (Å²) < 4.78 is 10.5. The molecule has 2 amide bonds. The van der Waals surface area contributed by atoms with Crippen molar-refractivity contribution in [2.24, 2.45) is 0 Å². The first-order valence-electron chi connectivity index (χ1n) is 7.36. The van der Waals surface area contributed by atoms with Gasteiger partial charge in [-0.1, -0.05) is 12.1 Å². The molecule has 0 fully saturated rings. The van der Waals surface area contributed by atoms with Gasteiger partial charge in [-0.3, -0.25) is 9.59 Å². The lowest BCUT2D eigenvalue weighted by atomic mass is 10.2. The highest BCUT2D eigenvalue weighted by Gasteiger charge is 2.19. The average Bonchev–Trinajstić information content (AvgIpc) is 3.02. The molecule has 6 nitrogen and oxygen atoms in total. The topological polar surface area (TPSA) is 76.7 Å². The molecule has 0 spiro atoms. The van der Waals surface area contributed by atoms with Crippen LogP contribution in [-0.4, -0.2) is 32.6 Å². The van der Waals surface area contributed by atoms with Crippen LogP contribution in [0.25, 0.3) is 0 Å². The predicted molar refractivity (Wildman–Crippen MR) is 93.4 cm³/mol. The minimum atomic E-state index is -0.753. The molecule has 0 aliphatic heterocycles. The van der Waals surface area contributed by atoms with Gasteiger partial charge in [0, 0.05) is 23.4 Å². The van der Waals surface area contributed by atoms with Crippen LogP contribution in [0.15, 0.2) is 36.4 Å². The van der Waals surface area contributed by atoms with Crippen LogP contribution in [-0.2, 0) is 14.3 Å². The second-order valence-electron chi connectivity index (χ2n) is 5.04. The van der Waals surface area contributed by atoms with Gasteiger partial charge in [0.25, 0.3) is 0 Å². The Morgan fingerprint density at radius 1 is 1.12 bits per heavy atom. The lowest BCUT2D eigenvalue weighted by molar-refractivity contribution is -0.136. The lowest BCUT2D eigenvalue weighted by Gasteiger charge is -2.15. The van der Waals surface area contributed by atoms with E-state index in [-0.39, 0.29) is 12.6 Å². The van der Waals surface area contributed by atoms with Crippen molar-refractivity contribution in [2.45, 2.75) is 13.0 Å². The number of methoxy groups -OCH3 is 2. The Morgan fingerprint density at radius 3 is 2.50 bits per heavy atom. The fourth-order valence-electron chi connectivity index (χ4n) is 2.12. The van der Waals surface area contributed by atoms with E-state index >= 15 is 0 Å². The molecule has 128 valence electrons. The van der Waals surface area contributed by atoms with Crippen LogP contribution in [0.1, 0.15) is 15.9 Å². The van der Waals surface area contributed by atoms with Gasteiger partial charge in [0.05, 0.1) is 12.8 Å². The molecule has 1 unspecified atom stereocenters. The van der Waals surface area contributed by atoms with Gasteiger partial charge >= 0.3 is 11.8 Å². The number of carbonyl (C=O) groups excluding carboxylic acids is 2. The zero-order valence-electron chi connectivity index (χ0n) is 13.8. The summed E-state index contributed by atoms with van der Waals surface area (Å²) in [7, 11) is 3.07. The largest absolute Gasteiger partial charge is 0.495 e. The molecule has 24 heavy (non-hydrogen) atoms. The standard InChI is InChI=1S/C17H20N2O4S/c1-11-8-9-15(24-11)14(23-3)10-18-16(20)17(21)19-12-6-4-5-7-13(12)22-2/h4-9,14H,10H2,1-3H3,(H,18,20)(H,19,21). The van der Waals surface area contributed by atoms with E-state index in [1.165, 1.54) is 7.11 Å². The number of thiophene rings is 1. The van der Waals surface area contributed by atoms with Gasteiger partial charge in [-0.15, -0.1) is 11.3 Å². The van der Waals surface area contributed by atoms with Crippen LogP contribution in [0.2, 0.25) is 0 Å². The number of anilines is 1. The Labute approximate surface area is 144 Å². The van der Waals surface area contributed by atoms with E-state index in [2.05, 4.69) is 10.6 Å². The number of amides is 2. The van der Waals surface area contributed by atoms with Gasteiger partial charge in [-0.2, -0.15) is 0 Å². The van der Waals surface area contributed by atoms with Crippen molar-refractivity contribution in [1.29, 1.82) is 0 Å². The normalized spacial score (nSPS) is 11.6. The fraction of sp³-hybridized carbons (Fsp3) is 0.294. The number of ether oxygens (including phenoxy) is 2. The van der Waals surface area contributed by atoms with Crippen LogP contribution < -0.4 is 15.4 Å². The molecule has 0 radical (unpaired) electrons. The molecular weight excluding hydrogens is 328 g/mol. The molecule has 0 saturated heterocycles. The molecule has 7 heteroatoms. The molecule has 1 heterocycles. The number of nitrogens with one attached hydrogen (secondary N) is 2. The molecule has 0 aliphatic rings. The molecule has 2 N–H and O–H groups in total. The van der Waals surface area contributed by atoms with Crippen molar-refractivity contribution in [1.82, 2.24) is 5.32 Å². The minimum Gasteiger partial charge on any atom is -0.495 e. The van der Waals surface area contributed by atoms with Crippen molar-refractivity contribution in [3.8, 4) is 5.75 Å². The van der Waals surface area contributed by atoms with Gasteiger partial charge in [-0.25, -0.2) is 0 Å². The number of hydrogen-bond acceptors (Lipinski definition) is 5. The second kappa shape index (κ2) is 8.47. The van der Waals surface area contributed by atoms with Gasteiger partial charge in [0.1, 0.15) is 11.9 Å². The molecule has 1 atom stereocenters. The smallest absolute Gasteiger partial charge is 0.313 e. The Morgan fingerprint density at radius 2 is 1.88 bits per heavy atom. The summed E-state index contributed by atoms with van der Waals surface area (Å²) in [5, 5.41) is 5.12. The summed E-state index contributed by atoms with van der Waals surface area (Å²) in [4.78, 5) is 26.2. The van der Waals surface area contributed by atoms with Crippen LogP contribution >= 0.6 is 11.3 Å². The van der Waals surface area contributed by atoms with E-state index in [1.807, 2.05) is 19.1 Å². The molecule has 0 bridgehead atoms. The van der Waals surface area contributed by atoms with Crippen molar-refractivity contribution in [3.05, 3.63) is 46.2 Å². The summed E-state index contributed by atoms with van der Waals surface area (Å²) in [5.74, 6) is -0.990. The number of carbonyl (C=O) groups is 2. The van der Waals surface area contributed by atoms with Gasteiger partial charge in [0.2, 0.25) is 0 Å². The quantitative estimate of drug-likeness (QED) is 0.787. The van der Waals surface area contributed by atoms with Gasteiger partial charge in [-0.05, 0) is 31.2 Å². The van der Waals surface area contributed by atoms with E-state index in [0.717, 1.165) is 9.75 Å². The maximum absolute atomic E-state index is 12.0. The molecule has 1 aromatic carbocycles. The van der Waals surface area contributed by atoms with E-state index < -0.39 is 11.8 Å². The molecule has 2 rings (SSSR count). The highest BCUT2D eigenvalue weighted by atomic mass is 32.1. The summed E-state index contributed by atoms with van der Waals surface area (Å²) in [5.41, 5.74) is 0.442. The van der Waals surface area contributed by atoms with E-state index in [4.69, 9.17) is 9.47 Å². The highest BCUT2D eigenvalue weighted by molar-refractivity contribution is 7.12. The molecule has 2 aromatic rings. The third-order valence-electron chi connectivity index (χ3n) is 3.37. The van der Waals surface area contributed by atoms with E-state index in [9.17, 15) is 9.59 Å². The molecule has 0 aliphatic carbocycles. The first-order chi connectivity index (χ1) is 11.5. The maximum Gasteiger partial charge on any atom is 0.313 e. The van der Waals surface area contributed by atoms with Crippen LogP contribution in [0.3, 0.4) is 0 Å². The third kappa shape index (κ3) is 4.56. The summed E-state index contributed by atoms with van der Waals surface area (Å²) in [6, 6.07) is 10.8. The summed E-state index contributed by atoms with van der Waals surface area (Å²) in [6.07, 6.45) is -0.285. The maximum atomic E-state index is 12.0. The summed E-state index contributed by atoms with van der Waals surface area (Å²) >= 11 is 1.59. The van der Waals surface area contributed by atoms with Crippen LogP contribution in [0.5, 0.6) is 5.75 Å². The second-order valence-corrected chi connectivity index (χ2v) is 6.36. The van der Waals surface area contributed by atoms with Crippen molar-refractivity contribution < 1.29 is 19.1 Å². The van der Waals surface area contributed by atoms with Crippen molar-refractivity contribution in [2.75, 3.05) is 26.1 Å². The number of para-hydroxylation sites is 2. The highest BCUT2D eigenvalue weighted by Crippen LogP contribution is 2.25. The zero-order valence-corrected chi connectivity index (χ0v) is 14.6.